The molecule has 2 saturated carbocycles. The molecule has 5 heteroatoms. The lowest BCUT2D eigenvalue weighted by Crippen LogP contribution is -2.74. The molecule has 0 aromatic heterocycles. The highest BCUT2D eigenvalue weighted by Gasteiger charge is 2.59. The van der Waals surface area contributed by atoms with Crippen LogP contribution in [0.15, 0.2) is 11.1 Å². The van der Waals surface area contributed by atoms with Crippen LogP contribution in [0.4, 0.5) is 0 Å². The van der Waals surface area contributed by atoms with Crippen LogP contribution < -0.4 is 5.32 Å². The highest BCUT2D eigenvalue weighted by molar-refractivity contribution is 6.25. The monoisotopic (exact) mass is 310 g/mol. The Kier molecular flexibility index (Phi) is 3.76. The number of hydrogen-bond donors (Lipinski definition) is 1. The van der Waals surface area contributed by atoms with Crippen molar-refractivity contribution < 1.29 is 9.59 Å². The maximum absolute atomic E-state index is 13.1. The minimum absolute atomic E-state index is 0.0591. The first-order valence-corrected chi connectivity index (χ1v) is 8.38. The fourth-order valence-electron chi connectivity index (χ4n) is 4.24. The summed E-state index contributed by atoms with van der Waals surface area (Å²) in [6.07, 6.45) is 7.13. The van der Waals surface area contributed by atoms with Gasteiger partial charge in [-0.3, -0.25) is 9.59 Å². The predicted octanol–water partition coefficient (Wildman–Crippen LogP) is 2.71. The zero-order valence-electron chi connectivity index (χ0n) is 12.6. The molecule has 2 aliphatic carbocycles. The highest BCUT2D eigenvalue weighted by Crippen LogP contribution is 2.44. The van der Waals surface area contributed by atoms with Crippen molar-refractivity contribution in [1.82, 2.24) is 10.2 Å². The first-order chi connectivity index (χ1) is 10.0. The number of amides is 2. The van der Waals surface area contributed by atoms with Gasteiger partial charge in [0, 0.05) is 12.1 Å². The van der Waals surface area contributed by atoms with Crippen LogP contribution in [0, 0.1) is 0 Å². The van der Waals surface area contributed by atoms with E-state index in [2.05, 4.69) is 5.32 Å². The third-order valence-corrected chi connectivity index (χ3v) is 5.80. The minimum Gasteiger partial charge on any atom is -0.340 e. The number of hydrogen-bond acceptors (Lipinski definition) is 2. The first kappa shape index (κ1) is 14.9. The molecule has 2 amide bonds. The number of nitrogens with one attached hydrogen (secondary N) is 1. The van der Waals surface area contributed by atoms with Gasteiger partial charge in [-0.1, -0.05) is 37.3 Å². The molecule has 1 aliphatic heterocycles. The Labute approximate surface area is 130 Å². The second kappa shape index (κ2) is 5.31. The fraction of sp³-hybridized carbons (Fsp3) is 0.750. The predicted molar refractivity (Wildman–Crippen MR) is 81.9 cm³/mol. The first-order valence-electron chi connectivity index (χ1n) is 7.95. The Morgan fingerprint density at radius 1 is 1.19 bits per heavy atom. The van der Waals surface area contributed by atoms with Crippen LogP contribution in [0.25, 0.3) is 0 Å². The van der Waals surface area contributed by atoms with Gasteiger partial charge in [-0.15, -0.1) is 0 Å². The van der Waals surface area contributed by atoms with Gasteiger partial charge in [0.15, 0.2) is 0 Å². The van der Waals surface area contributed by atoms with E-state index >= 15 is 0 Å². The molecule has 0 radical (unpaired) electrons. The second-order valence-corrected chi connectivity index (χ2v) is 7.05. The van der Waals surface area contributed by atoms with E-state index in [0.29, 0.717) is 6.54 Å². The largest absolute Gasteiger partial charge is 0.340 e. The molecule has 1 N–H and O–H groups in total. The number of carbonyl (C=O) groups is 2. The fourth-order valence-corrected chi connectivity index (χ4v) is 4.31. The van der Waals surface area contributed by atoms with Crippen LogP contribution >= 0.6 is 11.6 Å². The quantitative estimate of drug-likeness (QED) is 0.852. The lowest BCUT2D eigenvalue weighted by atomic mass is 9.82. The van der Waals surface area contributed by atoms with E-state index < -0.39 is 11.1 Å². The van der Waals surface area contributed by atoms with Crippen LogP contribution in [0.1, 0.15) is 58.3 Å². The summed E-state index contributed by atoms with van der Waals surface area (Å²) in [6.45, 7) is 2.38. The molecule has 0 unspecified atom stereocenters. The number of carbonyl (C=O) groups excluding carboxylic acids is 2. The molecule has 3 rings (SSSR count). The van der Waals surface area contributed by atoms with Gasteiger partial charge < -0.3 is 10.2 Å². The standard InChI is InChI=1S/C16H23ClN2O2/c1-12(10-17)11-19-14(21)15(6-2-3-7-15)18-13(20)16(19)8-4-5-9-16/h10H,2-9,11H2,1H3,(H,18,20). The Morgan fingerprint density at radius 2 is 1.76 bits per heavy atom. The minimum atomic E-state index is -0.641. The number of halogens is 1. The maximum atomic E-state index is 13.1. The van der Waals surface area contributed by atoms with E-state index in [1.807, 2.05) is 11.8 Å². The molecular weight excluding hydrogens is 288 g/mol. The summed E-state index contributed by atoms with van der Waals surface area (Å²) in [4.78, 5) is 27.8. The van der Waals surface area contributed by atoms with Crippen molar-refractivity contribution in [3.8, 4) is 0 Å². The summed E-state index contributed by atoms with van der Waals surface area (Å²) in [5.74, 6) is 0.170. The van der Waals surface area contributed by atoms with Gasteiger partial charge in [0.25, 0.3) is 0 Å². The van der Waals surface area contributed by atoms with Crippen molar-refractivity contribution in [2.45, 2.75) is 69.4 Å². The van der Waals surface area contributed by atoms with E-state index in [-0.39, 0.29) is 11.8 Å². The molecule has 4 nitrogen and oxygen atoms in total. The van der Waals surface area contributed by atoms with Gasteiger partial charge in [-0.2, -0.15) is 0 Å². The van der Waals surface area contributed by atoms with E-state index in [0.717, 1.165) is 56.9 Å². The Bertz CT molecular complexity index is 489. The van der Waals surface area contributed by atoms with Crippen LogP contribution in [-0.4, -0.2) is 34.3 Å². The number of nitrogens with zero attached hydrogens (tertiary/aromatic N) is 1. The molecule has 1 heterocycles. The van der Waals surface area contributed by atoms with Gasteiger partial charge >= 0.3 is 0 Å². The summed E-state index contributed by atoms with van der Waals surface area (Å²) >= 11 is 5.80. The molecule has 116 valence electrons. The van der Waals surface area contributed by atoms with Gasteiger partial charge in [-0.05, 0) is 38.2 Å². The third kappa shape index (κ3) is 2.19. The van der Waals surface area contributed by atoms with Crippen LogP contribution in [0.2, 0.25) is 0 Å². The van der Waals surface area contributed by atoms with Crippen molar-refractivity contribution in [1.29, 1.82) is 0 Å². The highest BCUT2D eigenvalue weighted by atomic mass is 35.5. The second-order valence-electron chi connectivity index (χ2n) is 6.83. The third-order valence-electron chi connectivity index (χ3n) is 5.43. The number of piperazine rings is 1. The van der Waals surface area contributed by atoms with Crippen molar-refractivity contribution in [3.63, 3.8) is 0 Å². The van der Waals surface area contributed by atoms with Gasteiger partial charge in [-0.25, -0.2) is 0 Å². The van der Waals surface area contributed by atoms with Gasteiger partial charge in [0.05, 0.1) is 0 Å². The Balaban J connectivity index is 1.98. The average molecular weight is 311 g/mol. The van der Waals surface area contributed by atoms with Crippen molar-refractivity contribution >= 4 is 23.4 Å². The Morgan fingerprint density at radius 3 is 2.33 bits per heavy atom. The summed E-state index contributed by atoms with van der Waals surface area (Å²) in [7, 11) is 0. The van der Waals surface area contributed by atoms with Crippen LogP contribution in [0.5, 0.6) is 0 Å². The molecule has 0 atom stereocenters. The molecular formula is C16H23ClN2O2. The zero-order valence-corrected chi connectivity index (χ0v) is 13.3. The molecule has 0 aromatic carbocycles. The molecule has 3 aliphatic rings. The molecule has 2 spiro atoms. The molecule has 0 aromatic rings. The maximum Gasteiger partial charge on any atom is 0.249 e. The molecule has 0 bridgehead atoms. The van der Waals surface area contributed by atoms with Crippen molar-refractivity contribution in [3.05, 3.63) is 11.1 Å². The van der Waals surface area contributed by atoms with Crippen molar-refractivity contribution in [2.75, 3.05) is 6.54 Å². The smallest absolute Gasteiger partial charge is 0.249 e. The zero-order chi connectivity index (χ0) is 15.1. The van der Waals surface area contributed by atoms with Crippen LogP contribution in [-0.2, 0) is 9.59 Å². The number of rotatable bonds is 2. The lowest BCUT2D eigenvalue weighted by Gasteiger charge is -2.50. The van der Waals surface area contributed by atoms with E-state index in [4.69, 9.17) is 11.6 Å². The Hall–Kier alpha value is -1.03. The summed E-state index contributed by atoms with van der Waals surface area (Å²) in [6, 6.07) is 0. The lowest BCUT2D eigenvalue weighted by molar-refractivity contribution is -0.162. The summed E-state index contributed by atoms with van der Waals surface area (Å²) in [5, 5.41) is 3.11. The van der Waals surface area contributed by atoms with Crippen molar-refractivity contribution in [2.24, 2.45) is 0 Å². The topological polar surface area (TPSA) is 49.4 Å². The normalized spacial score (nSPS) is 27.7. The average Bonchev–Trinajstić information content (AvgIpc) is 3.12. The molecule has 21 heavy (non-hydrogen) atoms. The SMILES string of the molecule is CC(=CCl)CN1C(=O)C2(CCCC2)NC(=O)C12CCCC2. The molecule has 3 fully saturated rings. The summed E-state index contributed by atoms with van der Waals surface area (Å²) < 4.78 is 0. The van der Waals surface area contributed by atoms with Crippen LogP contribution in [0.3, 0.4) is 0 Å². The van der Waals surface area contributed by atoms with E-state index in [1.165, 1.54) is 5.54 Å². The summed E-state index contributed by atoms with van der Waals surface area (Å²) in [5.41, 5.74) is 1.17. The van der Waals surface area contributed by atoms with E-state index in [1.54, 1.807) is 0 Å². The van der Waals surface area contributed by atoms with Gasteiger partial charge in [0.2, 0.25) is 11.8 Å². The molecule has 1 saturated heterocycles. The van der Waals surface area contributed by atoms with Gasteiger partial charge in [0.1, 0.15) is 11.1 Å². The van der Waals surface area contributed by atoms with E-state index in [9.17, 15) is 9.59 Å².